The van der Waals surface area contributed by atoms with Gasteiger partial charge in [0.1, 0.15) is 24.2 Å². The Morgan fingerprint density at radius 3 is 2.09 bits per heavy atom. The second-order valence-electron chi connectivity index (χ2n) is 14.7. The number of anilines is 1. The highest BCUT2D eigenvalue weighted by Gasteiger charge is 2.26. The first-order valence-corrected chi connectivity index (χ1v) is 21.4. The molecular weight excluding hydrogens is 819 g/mol. The minimum Gasteiger partial charge on any atom is -0.491 e. The third-order valence-electron chi connectivity index (χ3n) is 9.94. The molecule has 0 saturated heterocycles. The standard InChI is InChI=1S/C48H57N7O9/c1-35-19-21-51-45(32-35)50-20-7-12-46(56)53-43(33-36-8-3-2-4-9-36)48(59)54-42(34-47(57)58)38-15-13-37(14-16-38)39-17-18-44(41-11-6-5-10-40(39)41)64-31-30-63-29-28-62-27-26-61-25-24-60-23-22-52-55-49/h2-6,8-11,13-19,21,32,42-43H,7,12,20,22-31,33-34H2,1H3,(H,50,51)(H,53,56)(H,54,59)(H,57,58). The van der Waals surface area contributed by atoms with Crippen LogP contribution in [0.4, 0.5) is 5.82 Å². The summed E-state index contributed by atoms with van der Waals surface area (Å²) < 4.78 is 28.1. The Morgan fingerprint density at radius 2 is 1.42 bits per heavy atom. The lowest BCUT2D eigenvalue weighted by Gasteiger charge is -2.23. The topological polar surface area (TPSA) is 215 Å². The van der Waals surface area contributed by atoms with Gasteiger partial charge in [-0.2, -0.15) is 0 Å². The molecule has 2 atom stereocenters. The van der Waals surface area contributed by atoms with E-state index in [1.807, 2.05) is 110 Å². The molecule has 0 fully saturated rings. The number of fused-ring (bicyclic) bond motifs is 1. The molecule has 2 amide bonds. The van der Waals surface area contributed by atoms with Crippen LogP contribution in [0, 0.1) is 6.92 Å². The summed E-state index contributed by atoms with van der Waals surface area (Å²) in [6.45, 7) is 6.45. The van der Waals surface area contributed by atoms with E-state index in [-0.39, 0.29) is 25.2 Å². The highest BCUT2D eigenvalue weighted by molar-refractivity contribution is 6.00. The van der Waals surface area contributed by atoms with Gasteiger partial charge < -0.3 is 44.7 Å². The molecule has 1 heterocycles. The second-order valence-corrected chi connectivity index (χ2v) is 14.7. The molecular formula is C48H57N7O9. The van der Waals surface area contributed by atoms with E-state index in [0.29, 0.717) is 90.3 Å². The predicted molar refractivity (Wildman–Crippen MR) is 244 cm³/mol. The highest BCUT2D eigenvalue weighted by Crippen LogP contribution is 2.35. The van der Waals surface area contributed by atoms with Crippen LogP contribution < -0.4 is 20.7 Å². The second kappa shape index (κ2) is 27.5. The van der Waals surface area contributed by atoms with Gasteiger partial charge in [-0.3, -0.25) is 14.4 Å². The van der Waals surface area contributed by atoms with Crippen molar-refractivity contribution in [3.05, 3.63) is 136 Å². The summed E-state index contributed by atoms with van der Waals surface area (Å²) in [5.74, 6) is -0.390. The number of azide groups is 1. The number of aliphatic carboxylic acids is 1. The van der Waals surface area contributed by atoms with E-state index in [4.69, 9.17) is 29.2 Å². The molecule has 4 N–H and O–H groups in total. The first kappa shape index (κ1) is 48.5. The monoisotopic (exact) mass is 875 g/mol. The van der Waals surface area contributed by atoms with Gasteiger partial charge in [0.2, 0.25) is 11.8 Å². The number of amides is 2. The lowest BCUT2D eigenvalue weighted by atomic mass is 9.95. The maximum atomic E-state index is 13.9. The molecule has 2 unspecified atom stereocenters. The van der Waals surface area contributed by atoms with E-state index < -0.39 is 24.0 Å². The molecule has 64 heavy (non-hydrogen) atoms. The summed E-state index contributed by atoms with van der Waals surface area (Å²) in [5.41, 5.74) is 12.6. The SMILES string of the molecule is Cc1ccnc(NCCCC(=O)NC(Cc2ccccc2)C(=O)NC(CC(=O)O)c2ccc(-c3ccc(OCCOCCOCCOCCOCCN=[N+]=[N-])c4ccccc34)cc2)c1. The molecule has 16 heteroatoms. The van der Waals surface area contributed by atoms with Crippen molar-refractivity contribution in [1.82, 2.24) is 15.6 Å². The van der Waals surface area contributed by atoms with Gasteiger partial charge >= 0.3 is 5.97 Å². The van der Waals surface area contributed by atoms with Gasteiger partial charge in [0, 0.05) is 42.4 Å². The number of aryl methyl sites for hydroxylation is 1. The molecule has 0 aliphatic heterocycles. The van der Waals surface area contributed by atoms with Crippen molar-refractivity contribution in [3.8, 4) is 16.9 Å². The molecule has 0 spiro atoms. The Balaban J connectivity index is 1.13. The number of hydrogen-bond acceptors (Lipinski definition) is 11. The number of carboxylic acids is 1. The van der Waals surface area contributed by atoms with Gasteiger partial charge in [0.15, 0.2) is 0 Å². The lowest BCUT2D eigenvalue weighted by Crippen LogP contribution is -2.49. The molecule has 338 valence electrons. The van der Waals surface area contributed by atoms with Crippen molar-refractivity contribution in [3.63, 3.8) is 0 Å². The van der Waals surface area contributed by atoms with Crippen LogP contribution in [0.3, 0.4) is 0 Å². The lowest BCUT2D eigenvalue weighted by molar-refractivity contribution is -0.138. The van der Waals surface area contributed by atoms with Crippen LogP contribution >= 0.6 is 0 Å². The number of rotatable bonds is 30. The van der Waals surface area contributed by atoms with Crippen molar-refractivity contribution < 1.29 is 43.2 Å². The summed E-state index contributed by atoms with van der Waals surface area (Å²) in [5, 5.41) is 24.2. The number of ether oxygens (including phenoxy) is 5. The molecule has 5 aromatic rings. The van der Waals surface area contributed by atoms with E-state index in [1.54, 1.807) is 6.20 Å². The fourth-order valence-corrected chi connectivity index (χ4v) is 6.79. The fourth-order valence-electron chi connectivity index (χ4n) is 6.79. The van der Waals surface area contributed by atoms with Crippen molar-refractivity contribution in [1.29, 1.82) is 0 Å². The van der Waals surface area contributed by atoms with Crippen LogP contribution in [0.25, 0.3) is 32.3 Å². The zero-order valence-corrected chi connectivity index (χ0v) is 36.2. The van der Waals surface area contributed by atoms with Crippen molar-refractivity contribution in [2.75, 3.05) is 77.9 Å². The van der Waals surface area contributed by atoms with Crippen molar-refractivity contribution in [2.24, 2.45) is 5.11 Å². The van der Waals surface area contributed by atoms with Gasteiger partial charge in [-0.05, 0) is 70.3 Å². The summed E-state index contributed by atoms with van der Waals surface area (Å²) >= 11 is 0. The summed E-state index contributed by atoms with van der Waals surface area (Å²) in [4.78, 5) is 46.1. The molecule has 0 radical (unpaired) electrons. The Kier molecular flexibility index (Phi) is 20.8. The van der Waals surface area contributed by atoms with E-state index in [2.05, 4.69) is 31.0 Å². The number of benzene rings is 4. The highest BCUT2D eigenvalue weighted by atomic mass is 16.6. The number of aromatic nitrogens is 1. The van der Waals surface area contributed by atoms with Crippen LogP contribution in [0.2, 0.25) is 0 Å². The summed E-state index contributed by atoms with van der Waals surface area (Å²) in [6, 6.07) is 30.7. The van der Waals surface area contributed by atoms with Gasteiger partial charge in [-0.1, -0.05) is 90.0 Å². The van der Waals surface area contributed by atoms with Crippen molar-refractivity contribution >= 4 is 34.4 Å². The number of carboxylic acid groups (broad SMARTS) is 1. The predicted octanol–water partition coefficient (Wildman–Crippen LogP) is 7.22. The Morgan fingerprint density at radius 1 is 0.766 bits per heavy atom. The normalized spacial score (nSPS) is 11.9. The smallest absolute Gasteiger partial charge is 0.305 e. The number of pyridine rings is 1. The molecule has 0 saturated carbocycles. The third-order valence-corrected chi connectivity index (χ3v) is 9.94. The van der Waals surface area contributed by atoms with E-state index in [9.17, 15) is 19.5 Å². The maximum absolute atomic E-state index is 13.9. The zero-order valence-electron chi connectivity index (χ0n) is 36.2. The average molecular weight is 876 g/mol. The van der Waals surface area contributed by atoms with Gasteiger partial charge in [-0.25, -0.2) is 4.98 Å². The van der Waals surface area contributed by atoms with E-state index in [1.165, 1.54) is 0 Å². The van der Waals surface area contributed by atoms with Crippen LogP contribution in [0.15, 0.2) is 114 Å². The number of nitrogens with one attached hydrogen (secondary N) is 3. The first-order chi connectivity index (χ1) is 31.3. The number of hydrogen-bond donors (Lipinski definition) is 4. The minimum absolute atomic E-state index is 0.185. The molecule has 0 aliphatic carbocycles. The minimum atomic E-state index is -1.07. The van der Waals surface area contributed by atoms with Gasteiger partial charge in [0.05, 0.1) is 65.3 Å². The Labute approximate surface area is 373 Å². The zero-order chi connectivity index (χ0) is 45.2. The van der Waals surface area contributed by atoms with Crippen molar-refractivity contribution in [2.45, 2.75) is 44.7 Å². The molecule has 16 nitrogen and oxygen atoms in total. The molecule has 0 bridgehead atoms. The third kappa shape index (κ3) is 17.0. The summed E-state index contributed by atoms with van der Waals surface area (Å²) in [6.07, 6.45) is 2.31. The largest absolute Gasteiger partial charge is 0.491 e. The Hall–Kier alpha value is -6.55. The van der Waals surface area contributed by atoms with Gasteiger partial charge in [0.25, 0.3) is 0 Å². The van der Waals surface area contributed by atoms with Crippen LogP contribution in [-0.4, -0.2) is 106 Å². The van der Waals surface area contributed by atoms with E-state index >= 15 is 0 Å². The summed E-state index contributed by atoms with van der Waals surface area (Å²) in [7, 11) is 0. The van der Waals surface area contributed by atoms with Crippen LogP contribution in [0.1, 0.15) is 42.0 Å². The maximum Gasteiger partial charge on any atom is 0.305 e. The van der Waals surface area contributed by atoms with Gasteiger partial charge in [-0.15, -0.1) is 0 Å². The molecule has 4 aromatic carbocycles. The molecule has 5 rings (SSSR count). The fraction of sp³-hybridized carbons (Fsp3) is 0.375. The average Bonchev–Trinajstić information content (AvgIpc) is 3.30. The number of carbonyl (C=O) groups excluding carboxylic acids is 2. The molecule has 0 aliphatic rings. The Bertz CT molecular complexity index is 2260. The first-order valence-electron chi connectivity index (χ1n) is 21.4. The molecule has 1 aromatic heterocycles. The van der Waals surface area contributed by atoms with E-state index in [0.717, 1.165) is 38.8 Å². The number of carbonyl (C=O) groups is 3. The number of nitrogens with zero attached hydrogens (tertiary/aromatic N) is 4. The van der Waals surface area contributed by atoms with Crippen LogP contribution in [0.5, 0.6) is 5.75 Å². The quantitative estimate of drug-likeness (QED) is 0.0156. The van der Waals surface area contributed by atoms with Crippen LogP contribution in [-0.2, 0) is 39.8 Å².